The molecular formula is C33H46ClN3O4. The minimum Gasteiger partial charge on any atom is -0.453 e. The fourth-order valence-electron chi connectivity index (χ4n) is 6.44. The van der Waals surface area contributed by atoms with Crippen LogP contribution in [0.1, 0.15) is 103 Å². The summed E-state index contributed by atoms with van der Waals surface area (Å²) in [6, 6.07) is 13.9. The molecule has 0 saturated heterocycles. The summed E-state index contributed by atoms with van der Waals surface area (Å²) in [6.45, 7) is 1.32. The van der Waals surface area contributed by atoms with Crippen molar-refractivity contribution in [3.63, 3.8) is 0 Å². The first-order valence-electron chi connectivity index (χ1n) is 15.3. The predicted molar refractivity (Wildman–Crippen MR) is 164 cm³/mol. The van der Waals surface area contributed by atoms with Gasteiger partial charge in [-0.25, -0.2) is 4.79 Å². The number of carbonyl (C=O) groups excluding carboxylic acids is 2. The van der Waals surface area contributed by atoms with Crippen LogP contribution in [-0.2, 0) is 9.47 Å². The molecule has 0 spiro atoms. The smallest absolute Gasteiger partial charge is 0.406 e. The average molecular weight is 584 g/mol. The molecule has 0 heterocycles. The van der Waals surface area contributed by atoms with E-state index in [1.165, 1.54) is 57.6 Å². The SMILES string of the molecule is CNCC(CC1CCCCC1)NC(=O)c1cc(C2CCCC2)cc(C(OCCNC(=O)OC)c2cccc(Cl)c2)c1. The number of benzene rings is 2. The van der Waals surface area contributed by atoms with Crippen molar-refractivity contribution in [2.75, 3.05) is 33.9 Å². The number of carbonyl (C=O) groups is 2. The third kappa shape index (κ3) is 9.45. The topological polar surface area (TPSA) is 88.7 Å². The molecule has 2 aromatic rings. The van der Waals surface area contributed by atoms with Crippen molar-refractivity contribution in [1.29, 1.82) is 0 Å². The molecule has 7 nitrogen and oxygen atoms in total. The van der Waals surface area contributed by atoms with Gasteiger partial charge in [0.2, 0.25) is 0 Å². The number of alkyl carbamates (subject to hydrolysis) is 1. The summed E-state index contributed by atoms with van der Waals surface area (Å²) in [6.07, 6.45) is 11.1. The molecule has 2 fully saturated rings. The molecule has 2 aliphatic carbocycles. The maximum absolute atomic E-state index is 13.8. The minimum atomic E-state index is -0.501. The maximum Gasteiger partial charge on any atom is 0.406 e. The molecule has 2 unspecified atom stereocenters. The molecule has 41 heavy (non-hydrogen) atoms. The third-order valence-corrected chi connectivity index (χ3v) is 8.73. The normalized spacial score (nSPS) is 17.6. The molecular weight excluding hydrogens is 538 g/mol. The van der Waals surface area contributed by atoms with Gasteiger partial charge in [-0.05, 0) is 79.1 Å². The molecule has 2 aliphatic rings. The van der Waals surface area contributed by atoms with Crippen molar-refractivity contribution in [3.8, 4) is 0 Å². The van der Waals surface area contributed by atoms with Crippen molar-refractivity contribution >= 4 is 23.6 Å². The Hall–Kier alpha value is -2.61. The van der Waals surface area contributed by atoms with Crippen molar-refractivity contribution in [3.05, 3.63) is 69.7 Å². The number of methoxy groups -OCH3 is 1. The van der Waals surface area contributed by atoms with Gasteiger partial charge >= 0.3 is 6.09 Å². The summed E-state index contributed by atoms with van der Waals surface area (Å²) in [7, 11) is 3.28. The first kappa shape index (κ1) is 31.3. The van der Waals surface area contributed by atoms with Crippen LogP contribution in [0.4, 0.5) is 4.79 Å². The van der Waals surface area contributed by atoms with Gasteiger partial charge in [-0.15, -0.1) is 0 Å². The van der Waals surface area contributed by atoms with E-state index in [-0.39, 0.29) is 18.6 Å². The number of likely N-dealkylation sites (N-methyl/N-ethyl adjacent to an activating group) is 1. The van der Waals surface area contributed by atoms with Gasteiger partial charge in [0.15, 0.2) is 0 Å². The van der Waals surface area contributed by atoms with Gasteiger partial charge in [0.1, 0.15) is 6.10 Å². The molecule has 0 aromatic heterocycles. The Morgan fingerprint density at radius 1 is 0.976 bits per heavy atom. The molecule has 4 rings (SSSR count). The number of halogens is 1. The van der Waals surface area contributed by atoms with Crippen molar-refractivity contribution in [1.82, 2.24) is 16.0 Å². The van der Waals surface area contributed by atoms with Crippen molar-refractivity contribution < 1.29 is 19.1 Å². The Bertz CT molecular complexity index is 1130. The number of ether oxygens (including phenoxy) is 2. The summed E-state index contributed by atoms with van der Waals surface area (Å²) in [5.41, 5.74) is 3.66. The highest BCUT2D eigenvalue weighted by atomic mass is 35.5. The fraction of sp³-hybridized carbons (Fsp3) is 0.576. The molecule has 8 heteroatoms. The van der Waals surface area contributed by atoms with Gasteiger partial charge in [-0.1, -0.05) is 74.7 Å². The first-order valence-corrected chi connectivity index (χ1v) is 15.6. The van der Waals surface area contributed by atoms with Crippen LogP contribution in [0.3, 0.4) is 0 Å². The summed E-state index contributed by atoms with van der Waals surface area (Å²) >= 11 is 6.38. The second-order valence-corrected chi connectivity index (χ2v) is 12.0. The summed E-state index contributed by atoms with van der Waals surface area (Å²) in [5, 5.41) is 9.93. The molecule has 224 valence electrons. The van der Waals surface area contributed by atoms with Crippen molar-refractivity contribution in [2.24, 2.45) is 5.92 Å². The second kappa shape index (κ2) is 16.1. The van der Waals surface area contributed by atoms with E-state index in [9.17, 15) is 9.59 Å². The zero-order valence-corrected chi connectivity index (χ0v) is 25.3. The molecule has 2 saturated carbocycles. The highest BCUT2D eigenvalue weighted by Gasteiger charge is 2.25. The van der Waals surface area contributed by atoms with Gasteiger partial charge in [0.05, 0.1) is 13.7 Å². The first-order chi connectivity index (χ1) is 20.0. The van der Waals surface area contributed by atoms with Crippen LogP contribution in [0.2, 0.25) is 5.02 Å². The molecule has 2 atom stereocenters. The van der Waals surface area contributed by atoms with Gasteiger partial charge < -0.3 is 25.4 Å². The van der Waals surface area contributed by atoms with E-state index in [4.69, 9.17) is 16.3 Å². The third-order valence-electron chi connectivity index (χ3n) is 8.49. The minimum absolute atomic E-state index is 0.0423. The molecule has 0 aliphatic heterocycles. The Morgan fingerprint density at radius 2 is 1.73 bits per heavy atom. The fourth-order valence-corrected chi connectivity index (χ4v) is 6.64. The number of hydrogen-bond acceptors (Lipinski definition) is 5. The average Bonchev–Trinajstić information content (AvgIpc) is 3.53. The van der Waals surface area contributed by atoms with Gasteiger partial charge in [-0.2, -0.15) is 0 Å². The van der Waals surface area contributed by atoms with E-state index in [1.807, 2.05) is 37.4 Å². The van der Waals surface area contributed by atoms with Gasteiger partial charge in [-0.3, -0.25) is 4.79 Å². The summed E-state index contributed by atoms with van der Waals surface area (Å²) in [4.78, 5) is 25.4. The Balaban J connectivity index is 1.61. The van der Waals surface area contributed by atoms with E-state index in [1.54, 1.807) is 0 Å². The Kier molecular flexibility index (Phi) is 12.3. The number of rotatable bonds is 13. The zero-order chi connectivity index (χ0) is 29.0. The van der Waals surface area contributed by atoms with E-state index in [2.05, 4.69) is 32.8 Å². The van der Waals surface area contributed by atoms with Crippen LogP contribution < -0.4 is 16.0 Å². The monoisotopic (exact) mass is 583 g/mol. The summed E-state index contributed by atoms with van der Waals surface area (Å²) in [5.74, 6) is 1.05. The zero-order valence-electron chi connectivity index (χ0n) is 24.6. The van der Waals surface area contributed by atoms with Crippen LogP contribution in [0.5, 0.6) is 0 Å². The Morgan fingerprint density at radius 3 is 2.44 bits per heavy atom. The van der Waals surface area contributed by atoms with Crippen LogP contribution in [-0.4, -0.2) is 51.9 Å². The van der Waals surface area contributed by atoms with E-state index >= 15 is 0 Å². The number of nitrogens with one attached hydrogen (secondary N) is 3. The second-order valence-electron chi connectivity index (χ2n) is 11.6. The van der Waals surface area contributed by atoms with E-state index < -0.39 is 12.2 Å². The molecule has 0 bridgehead atoms. The van der Waals surface area contributed by atoms with Crippen molar-refractivity contribution in [2.45, 2.75) is 82.3 Å². The van der Waals surface area contributed by atoms with Crippen LogP contribution in [0.15, 0.2) is 42.5 Å². The maximum atomic E-state index is 13.8. The van der Waals surface area contributed by atoms with E-state index in [0.717, 1.165) is 36.9 Å². The Labute approximate surface area is 250 Å². The predicted octanol–water partition coefficient (Wildman–Crippen LogP) is 6.75. The van der Waals surface area contributed by atoms with Gasteiger partial charge in [0, 0.05) is 29.7 Å². The number of hydrogen-bond donors (Lipinski definition) is 3. The molecule has 2 amide bonds. The van der Waals surface area contributed by atoms with Crippen LogP contribution in [0, 0.1) is 5.92 Å². The van der Waals surface area contributed by atoms with Gasteiger partial charge in [0.25, 0.3) is 5.91 Å². The lowest BCUT2D eigenvalue weighted by Gasteiger charge is -2.27. The summed E-state index contributed by atoms with van der Waals surface area (Å²) < 4.78 is 11.0. The highest BCUT2D eigenvalue weighted by Crippen LogP contribution is 2.37. The van der Waals surface area contributed by atoms with E-state index in [0.29, 0.717) is 29.0 Å². The molecule has 0 radical (unpaired) electrons. The highest BCUT2D eigenvalue weighted by molar-refractivity contribution is 6.30. The lowest BCUT2D eigenvalue weighted by Crippen LogP contribution is -2.42. The lowest BCUT2D eigenvalue weighted by molar-refractivity contribution is 0.0803. The molecule has 3 N–H and O–H groups in total. The quantitative estimate of drug-likeness (QED) is 0.227. The van der Waals surface area contributed by atoms with Crippen LogP contribution in [0.25, 0.3) is 0 Å². The standard InChI is InChI=1S/C33H46ClN3O4/c1-35-22-30(17-23-9-4-3-5-10-23)37-32(38)28-19-26(24-11-6-7-12-24)18-27(20-28)31(25-13-8-14-29(34)21-25)41-16-15-36-33(39)40-2/h8,13-14,18-21,23-24,30-31,35H,3-7,9-12,15-17,22H2,1-2H3,(H,36,39)(H,37,38). The largest absolute Gasteiger partial charge is 0.453 e. The number of amides is 2. The lowest BCUT2D eigenvalue weighted by atomic mass is 9.84. The molecule has 2 aromatic carbocycles. The van der Waals surface area contributed by atoms with Crippen LogP contribution >= 0.6 is 11.6 Å².